The third-order valence-electron chi connectivity index (χ3n) is 2.70. The average Bonchev–Trinajstić information content (AvgIpc) is 2.98. The SMILES string of the molecule is [CH2]C(C=C)c1cc(Cl)cc(C2CC2)c1. The minimum Gasteiger partial charge on any atom is -0.102 e. The normalized spacial score (nSPS) is 17.9. The van der Waals surface area contributed by atoms with Crippen LogP contribution in [0.15, 0.2) is 30.9 Å². The molecule has 1 heteroatoms. The second-order valence-corrected chi connectivity index (χ2v) is 4.37. The number of benzene rings is 1. The molecule has 1 unspecified atom stereocenters. The number of allylic oxidation sites excluding steroid dienone is 1. The van der Waals surface area contributed by atoms with Crippen molar-refractivity contribution >= 4 is 11.6 Å². The Morgan fingerprint density at radius 3 is 2.64 bits per heavy atom. The molecule has 1 saturated carbocycles. The first-order valence-corrected chi connectivity index (χ1v) is 5.34. The van der Waals surface area contributed by atoms with Crippen molar-refractivity contribution in [2.75, 3.05) is 0 Å². The lowest BCUT2D eigenvalue weighted by Gasteiger charge is -2.09. The molecule has 0 bridgehead atoms. The molecule has 0 aromatic heterocycles. The summed E-state index contributed by atoms with van der Waals surface area (Å²) in [6, 6.07) is 6.26. The molecule has 73 valence electrons. The molecule has 2 rings (SSSR count). The van der Waals surface area contributed by atoms with Gasteiger partial charge in [-0.25, -0.2) is 0 Å². The lowest BCUT2D eigenvalue weighted by atomic mass is 9.98. The van der Waals surface area contributed by atoms with Crippen LogP contribution in [0.2, 0.25) is 5.02 Å². The molecule has 0 aliphatic heterocycles. The van der Waals surface area contributed by atoms with Crippen molar-refractivity contribution in [3.05, 3.63) is 53.9 Å². The molecule has 1 fully saturated rings. The van der Waals surface area contributed by atoms with Crippen LogP contribution in [0.4, 0.5) is 0 Å². The molecule has 0 heterocycles. The highest BCUT2D eigenvalue weighted by molar-refractivity contribution is 6.30. The summed E-state index contributed by atoms with van der Waals surface area (Å²) < 4.78 is 0. The Labute approximate surface area is 90.6 Å². The molecule has 1 aliphatic carbocycles. The van der Waals surface area contributed by atoms with E-state index in [0.29, 0.717) is 0 Å². The Bertz CT molecular complexity index is 350. The van der Waals surface area contributed by atoms with Crippen LogP contribution in [0.3, 0.4) is 0 Å². The van der Waals surface area contributed by atoms with Gasteiger partial charge >= 0.3 is 0 Å². The molecule has 0 spiro atoms. The molecular weight excluding hydrogens is 192 g/mol. The quantitative estimate of drug-likeness (QED) is 0.645. The Morgan fingerprint density at radius 2 is 2.07 bits per heavy atom. The van der Waals surface area contributed by atoms with Crippen molar-refractivity contribution in [2.24, 2.45) is 0 Å². The minimum atomic E-state index is 0.145. The molecule has 0 nitrogen and oxygen atoms in total. The zero-order chi connectivity index (χ0) is 10.1. The van der Waals surface area contributed by atoms with E-state index in [1.165, 1.54) is 24.0 Å². The summed E-state index contributed by atoms with van der Waals surface area (Å²) in [4.78, 5) is 0. The maximum atomic E-state index is 6.06. The topological polar surface area (TPSA) is 0 Å². The van der Waals surface area contributed by atoms with Gasteiger partial charge in [0.25, 0.3) is 0 Å². The van der Waals surface area contributed by atoms with E-state index in [1.54, 1.807) is 0 Å². The molecule has 0 N–H and O–H groups in total. The van der Waals surface area contributed by atoms with Gasteiger partial charge in [0.15, 0.2) is 0 Å². The van der Waals surface area contributed by atoms with Crippen molar-refractivity contribution in [3.63, 3.8) is 0 Å². The van der Waals surface area contributed by atoms with E-state index in [9.17, 15) is 0 Å². The Kier molecular flexibility index (Phi) is 2.64. The third kappa shape index (κ3) is 2.01. The van der Waals surface area contributed by atoms with Gasteiger partial charge in [-0.2, -0.15) is 0 Å². The van der Waals surface area contributed by atoms with E-state index in [1.807, 2.05) is 12.1 Å². The summed E-state index contributed by atoms with van der Waals surface area (Å²) in [5.74, 6) is 0.885. The van der Waals surface area contributed by atoms with Crippen LogP contribution >= 0.6 is 11.6 Å². The lowest BCUT2D eigenvalue weighted by Crippen LogP contribution is -1.91. The van der Waals surface area contributed by atoms with Crippen LogP contribution in [0, 0.1) is 6.92 Å². The summed E-state index contributed by atoms with van der Waals surface area (Å²) >= 11 is 6.06. The maximum absolute atomic E-state index is 6.06. The van der Waals surface area contributed by atoms with Crippen molar-refractivity contribution in [1.29, 1.82) is 0 Å². The zero-order valence-electron chi connectivity index (χ0n) is 8.17. The van der Waals surface area contributed by atoms with Crippen molar-refractivity contribution in [3.8, 4) is 0 Å². The first-order chi connectivity index (χ1) is 6.70. The zero-order valence-corrected chi connectivity index (χ0v) is 8.93. The van der Waals surface area contributed by atoms with Gasteiger partial charge in [-0.05, 0) is 48.9 Å². The van der Waals surface area contributed by atoms with E-state index >= 15 is 0 Å². The fourth-order valence-electron chi connectivity index (χ4n) is 1.64. The van der Waals surface area contributed by atoms with Gasteiger partial charge in [0.2, 0.25) is 0 Å². The van der Waals surface area contributed by atoms with E-state index in [-0.39, 0.29) is 5.92 Å². The van der Waals surface area contributed by atoms with Crippen molar-refractivity contribution in [2.45, 2.75) is 24.7 Å². The minimum absolute atomic E-state index is 0.145. The molecule has 14 heavy (non-hydrogen) atoms. The lowest BCUT2D eigenvalue weighted by molar-refractivity contribution is 1.05. The smallest absolute Gasteiger partial charge is 0.0411 e. The van der Waals surface area contributed by atoms with Crippen LogP contribution in [0.5, 0.6) is 0 Å². The van der Waals surface area contributed by atoms with E-state index < -0.39 is 0 Å². The number of hydrogen-bond donors (Lipinski definition) is 0. The maximum Gasteiger partial charge on any atom is 0.0411 e. The fourth-order valence-corrected chi connectivity index (χ4v) is 1.89. The second kappa shape index (κ2) is 3.78. The highest BCUT2D eigenvalue weighted by Crippen LogP contribution is 2.41. The molecule has 1 radical (unpaired) electrons. The van der Waals surface area contributed by atoms with E-state index in [0.717, 1.165) is 10.9 Å². The van der Waals surface area contributed by atoms with Crippen LogP contribution < -0.4 is 0 Å². The first-order valence-electron chi connectivity index (χ1n) is 4.96. The van der Waals surface area contributed by atoms with Gasteiger partial charge in [0.1, 0.15) is 0 Å². The average molecular weight is 206 g/mol. The van der Waals surface area contributed by atoms with Crippen LogP contribution in [-0.2, 0) is 0 Å². The summed E-state index contributed by atoms with van der Waals surface area (Å²) in [5.41, 5.74) is 2.54. The summed E-state index contributed by atoms with van der Waals surface area (Å²) in [7, 11) is 0. The highest BCUT2D eigenvalue weighted by atomic mass is 35.5. The van der Waals surface area contributed by atoms with Gasteiger partial charge in [-0.3, -0.25) is 0 Å². The fraction of sp³-hybridized carbons (Fsp3) is 0.308. The predicted octanol–water partition coefficient (Wildman–Crippen LogP) is 4.32. The Morgan fingerprint density at radius 1 is 1.36 bits per heavy atom. The van der Waals surface area contributed by atoms with E-state index in [4.69, 9.17) is 11.6 Å². The molecule has 1 aromatic rings. The number of halogens is 1. The van der Waals surface area contributed by atoms with Crippen LogP contribution in [-0.4, -0.2) is 0 Å². The van der Waals surface area contributed by atoms with Crippen LogP contribution in [0.1, 0.15) is 35.8 Å². The summed E-state index contributed by atoms with van der Waals surface area (Å²) in [6.07, 6.45) is 4.45. The number of rotatable bonds is 3. The van der Waals surface area contributed by atoms with Crippen molar-refractivity contribution < 1.29 is 0 Å². The molecule has 0 amide bonds. The molecule has 1 atom stereocenters. The molecule has 1 aliphatic rings. The van der Waals surface area contributed by atoms with Gasteiger partial charge in [0, 0.05) is 10.9 Å². The van der Waals surface area contributed by atoms with Gasteiger partial charge in [-0.1, -0.05) is 23.7 Å². The van der Waals surface area contributed by atoms with Crippen molar-refractivity contribution in [1.82, 2.24) is 0 Å². The van der Waals surface area contributed by atoms with Gasteiger partial charge < -0.3 is 0 Å². The Balaban J connectivity index is 2.35. The number of hydrogen-bond acceptors (Lipinski definition) is 0. The van der Waals surface area contributed by atoms with Gasteiger partial charge in [0.05, 0.1) is 0 Å². The summed E-state index contributed by atoms with van der Waals surface area (Å²) in [5, 5.41) is 0.819. The monoisotopic (exact) mass is 205 g/mol. The summed E-state index contributed by atoms with van der Waals surface area (Å²) in [6.45, 7) is 7.76. The Hall–Kier alpha value is -0.750. The molecule has 1 aromatic carbocycles. The highest BCUT2D eigenvalue weighted by Gasteiger charge is 2.24. The molecule has 0 saturated heterocycles. The third-order valence-corrected chi connectivity index (χ3v) is 2.92. The van der Waals surface area contributed by atoms with Crippen LogP contribution in [0.25, 0.3) is 0 Å². The second-order valence-electron chi connectivity index (χ2n) is 3.93. The molecular formula is C13H14Cl. The van der Waals surface area contributed by atoms with E-state index in [2.05, 4.69) is 25.6 Å². The predicted molar refractivity (Wildman–Crippen MR) is 61.7 cm³/mol. The van der Waals surface area contributed by atoms with Gasteiger partial charge in [-0.15, -0.1) is 6.58 Å². The standard InChI is InChI=1S/C13H14Cl/c1-3-9(2)11-6-12(10-4-5-10)8-13(14)7-11/h3,6-10H,1-2,4-5H2. The first kappa shape index (κ1) is 9.79. The largest absolute Gasteiger partial charge is 0.102 e.